The summed E-state index contributed by atoms with van der Waals surface area (Å²) in [5.74, 6) is 1.06. The Labute approximate surface area is 172 Å². The highest BCUT2D eigenvalue weighted by molar-refractivity contribution is 5.84. The SMILES string of the molecule is COc1ccc2cc(CN(C)C(=O)C[NH+]3CCC[C@H]3c3cccn3C)ccc2c1. The third-order valence-electron chi connectivity index (χ3n) is 6.16. The van der Waals surface area contributed by atoms with Gasteiger partial charge in [-0.1, -0.05) is 18.2 Å². The molecule has 1 aromatic heterocycles. The second-order valence-corrected chi connectivity index (χ2v) is 8.12. The van der Waals surface area contributed by atoms with Crippen molar-refractivity contribution in [3.05, 3.63) is 66.0 Å². The van der Waals surface area contributed by atoms with Gasteiger partial charge < -0.3 is 19.1 Å². The molecule has 2 heterocycles. The number of quaternary nitrogens is 1. The molecule has 1 unspecified atom stereocenters. The first kappa shape index (κ1) is 19.5. The highest BCUT2D eigenvalue weighted by Crippen LogP contribution is 2.22. The van der Waals surface area contributed by atoms with Gasteiger partial charge in [-0.05, 0) is 46.7 Å². The van der Waals surface area contributed by atoms with E-state index in [-0.39, 0.29) is 5.91 Å². The van der Waals surface area contributed by atoms with Crippen molar-refractivity contribution >= 4 is 16.7 Å². The molecule has 1 fully saturated rings. The molecule has 3 aromatic rings. The smallest absolute Gasteiger partial charge is 0.277 e. The Morgan fingerprint density at radius 2 is 2.00 bits per heavy atom. The van der Waals surface area contributed by atoms with Crippen LogP contribution in [0.15, 0.2) is 54.7 Å². The number of aryl methyl sites for hydroxylation is 1. The summed E-state index contributed by atoms with van der Waals surface area (Å²) < 4.78 is 7.49. The van der Waals surface area contributed by atoms with Crippen molar-refractivity contribution in [1.82, 2.24) is 9.47 Å². The van der Waals surface area contributed by atoms with E-state index in [4.69, 9.17) is 4.74 Å². The second kappa shape index (κ2) is 8.29. The molecule has 0 spiro atoms. The van der Waals surface area contributed by atoms with Gasteiger partial charge in [-0.25, -0.2) is 0 Å². The summed E-state index contributed by atoms with van der Waals surface area (Å²) in [4.78, 5) is 16.2. The molecule has 1 N–H and O–H groups in total. The molecule has 2 aromatic carbocycles. The monoisotopic (exact) mass is 392 g/mol. The molecule has 1 amide bonds. The molecule has 1 saturated heterocycles. The summed E-state index contributed by atoms with van der Waals surface area (Å²) >= 11 is 0. The van der Waals surface area contributed by atoms with Gasteiger partial charge in [0.1, 0.15) is 11.8 Å². The van der Waals surface area contributed by atoms with Gasteiger partial charge >= 0.3 is 0 Å². The van der Waals surface area contributed by atoms with Crippen LogP contribution in [-0.2, 0) is 18.4 Å². The highest BCUT2D eigenvalue weighted by atomic mass is 16.5. The van der Waals surface area contributed by atoms with Crippen molar-refractivity contribution in [2.75, 3.05) is 27.2 Å². The van der Waals surface area contributed by atoms with E-state index in [1.54, 1.807) is 7.11 Å². The van der Waals surface area contributed by atoms with E-state index in [0.29, 0.717) is 19.1 Å². The van der Waals surface area contributed by atoms with Crippen LogP contribution in [-0.4, -0.2) is 42.6 Å². The Hall–Kier alpha value is -2.79. The average molecular weight is 393 g/mol. The summed E-state index contributed by atoms with van der Waals surface area (Å²) in [5, 5.41) is 2.31. The number of carbonyl (C=O) groups is 1. The summed E-state index contributed by atoms with van der Waals surface area (Å²) in [7, 11) is 5.68. The number of methoxy groups -OCH3 is 1. The number of nitrogens with zero attached hydrogens (tertiary/aromatic N) is 2. The van der Waals surface area contributed by atoms with Crippen molar-refractivity contribution in [1.29, 1.82) is 0 Å². The van der Waals surface area contributed by atoms with Crippen LogP contribution >= 0.6 is 0 Å². The quantitative estimate of drug-likeness (QED) is 0.700. The fraction of sp³-hybridized carbons (Fsp3) is 0.375. The largest absolute Gasteiger partial charge is 0.497 e. The Bertz CT molecular complexity index is 1010. The molecule has 0 saturated carbocycles. The van der Waals surface area contributed by atoms with Crippen LogP contribution in [0.2, 0.25) is 0 Å². The third kappa shape index (κ3) is 4.15. The first-order chi connectivity index (χ1) is 14.0. The predicted octanol–water partition coefficient (Wildman–Crippen LogP) is 2.57. The highest BCUT2D eigenvalue weighted by Gasteiger charge is 2.33. The molecule has 1 aliphatic heterocycles. The number of ether oxygens (including phenoxy) is 1. The van der Waals surface area contributed by atoms with Crippen LogP contribution in [0.4, 0.5) is 0 Å². The molecule has 0 bridgehead atoms. The number of carbonyl (C=O) groups excluding carboxylic acids is 1. The summed E-state index contributed by atoms with van der Waals surface area (Å²) in [5.41, 5.74) is 2.48. The van der Waals surface area contributed by atoms with Gasteiger partial charge in [0.05, 0.1) is 19.3 Å². The van der Waals surface area contributed by atoms with Gasteiger partial charge in [-0.15, -0.1) is 0 Å². The van der Waals surface area contributed by atoms with Gasteiger partial charge in [-0.2, -0.15) is 0 Å². The lowest BCUT2D eigenvalue weighted by atomic mass is 10.1. The lowest BCUT2D eigenvalue weighted by Crippen LogP contribution is -3.11. The fourth-order valence-electron chi connectivity index (χ4n) is 4.51. The number of hydrogen-bond acceptors (Lipinski definition) is 2. The fourth-order valence-corrected chi connectivity index (χ4v) is 4.51. The molecule has 0 aliphatic carbocycles. The first-order valence-electron chi connectivity index (χ1n) is 10.3. The van der Waals surface area contributed by atoms with Crippen molar-refractivity contribution in [2.24, 2.45) is 7.05 Å². The number of aromatic nitrogens is 1. The average Bonchev–Trinajstić information content (AvgIpc) is 3.35. The zero-order valence-electron chi connectivity index (χ0n) is 17.5. The number of benzene rings is 2. The maximum atomic E-state index is 12.9. The van der Waals surface area contributed by atoms with E-state index in [9.17, 15) is 4.79 Å². The van der Waals surface area contributed by atoms with Crippen LogP contribution < -0.4 is 9.64 Å². The zero-order chi connectivity index (χ0) is 20.4. The van der Waals surface area contributed by atoms with Crippen LogP contribution in [0.5, 0.6) is 5.75 Å². The van der Waals surface area contributed by atoms with E-state index >= 15 is 0 Å². The molecule has 5 nitrogen and oxygen atoms in total. The molecule has 1 aliphatic rings. The third-order valence-corrected chi connectivity index (χ3v) is 6.16. The Balaban J connectivity index is 1.41. The summed E-state index contributed by atoms with van der Waals surface area (Å²) in [6.07, 6.45) is 4.42. The number of likely N-dealkylation sites (tertiary alicyclic amines) is 1. The minimum atomic E-state index is 0.205. The van der Waals surface area contributed by atoms with Crippen LogP contribution in [0.1, 0.15) is 30.1 Å². The van der Waals surface area contributed by atoms with Gasteiger partial charge in [0.15, 0.2) is 6.54 Å². The van der Waals surface area contributed by atoms with Gasteiger partial charge in [0.25, 0.3) is 5.91 Å². The minimum absolute atomic E-state index is 0.205. The number of nitrogens with one attached hydrogen (secondary N) is 1. The van der Waals surface area contributed by atoms with Crippen molar-refractivity contribution < 1.29 is 14.4 Å². The van der Waals surface area contributed by atoms with Gasteiger partial charge in [0.2, 0.25) is 0 Å². The van der Waals surface area contributed by atoms with Crippen LogP contribution in [0, 0.1) is 0 Å². The number of fused-ring (bicyclic) bond motifs is 1. The Morgan fingerprint density at radius 3 is 2.76 bits per heavy atom. The molecular weight excluding hydrogens is 362 g/mol. The Kier molecular flexibility index (Phi) is 5.58. The Morgan fingerprint density at radius 1 is 1.21 bits per heavy atom. The summed E-state index contributed by atoms with van der Waals surface area (Å²) in [6, 6.07) is 17.1. The normalized spacial score (nSPS) is 18.9. The number of hydrogen-bond donors (Lipinski definition) is 1. The number of rotatable bonds is 6. The molecule has 2 atom stereocenters. The second-order valence-electron chi connectivity index (χ2n) is 8.12. The number of likely N-dealkylation sites (N-methyl/N-ethyl adjacent to an activating group) is 1. The van der Waals surface area contributed by atoms with Gasteiger partial charge in [-0.3, -0.25) is 4.79 Å². The topological polar surface area (TPSA) is 38.9 Å². The maximum absolute atomic E-state index is 12.9. The van der Waals surface area contributed by atoms with E-state index in [2.05, 4.69) is 54.2 Å². The maximum Gasteiger partial charge on any atom is 0.277 e. The van der Waals surface area contributed by atoms with Crippen molar-refractivity contribution in [3.8, 4) is 5.75 Å². The predicted molar refractivity (Wildman–Crippen MR) is 115 cm³/mol. The minimum Gasteiger partial charge on any atom is -0.497 e. The van der Waals surface area contributed by atoms with Crippen LogP contribution in [0.3, 0.4) is 0 Å². The number of amides is 1. The lowest BCUT2D eigenvalue weighted by molar-refractivity contribution is -0.911. The molecule has 29 heavy (non-hydrogen) atoms. The molecule has 4 rings (SSSR count). The summed E-state index contributed by atoms with van der Waals surface area (Å²) in [6.45, 7) is 2.24. The van der Waals surface area contributed by atoms with E-state index in [0.717, 1.165) is 35.1 Å². The molecule has 0 radical (unpaired) electrons. The zero-order valence-corrected chi connectivity index (χ0v) is 17.5. The van der Waals surface area contributed by atoms with Gasteiger partial charge in [0, 0.05) is 39.7 Å². The van der Waals surface area contributed by atoms with E-state index < -0.39 is 0 Å². The molecule has 152 valence electrons. The van der Waals surface area contributed by atoms with E-state index in [1.165, 1.54) is 17.0 Å². The van der Waals surface area contributed by atoms with E-state index in [1.807, 2.05) is 24.1 Å². The van der Waals surface area contributed by atoms with Crippen molar-refractivity contribution in [2.45, 2.75) is 25.4 Å². The first-order valence-corrected chi connectivity index (χ1v) is 10.3. The van der Waals surface area contributed by atoms with Crippen LogP contribution in [0.25, 0.3) is 10.8 Å². The molecule has 5 heteroatoms. The lowest BCUT2D eigenvalue weighted by Gasteiger charge is -2.24. The standard InChI is InChI=1S/C24H29N3O2/c1-25-12-4-6-22(25)23-7-5-13-27(23)17-24(28)26(2)16-18-8-9-20-15-21(29-3)11-10-19(20)14-18/h4,6,8-12,14-15,23H,5,7,13,16-17H2,1-3H3/p+1/t23-/m0/s1. The van der Waals surface area contributed by atoms with Crippen molar-refractivity contribution in [3.63, 3.8) is 0 Å². The molecular formula is C24H30N3O2+.